The zero-order chi connectivity index (χ0) is 13.0. The van der Waals surface area contributed by atoms with Crippen molar-refractivity contribution >= 4 is 28.8 Å². The lowest BCUT2D eigenvalue weighted by Crippen LogP contribution is -2.25. The van der Waals surface area contributed by atoms with E-state index in [1.807, 2.05) is 12.4 Å². The molecule has 5 heteroatoms. The molecule has 1 amide bonds. The predicted octanol–water partition coefficient (Wildman–Crippen LogP) is 3.08. The number of aromatic nitrogens is 1. The van der Waals surface area contributed by atoms with Crippen LogP contribution >= 0.6 is 22.9 Å². The second kappa shape index (κ2) is 5.98. The number of amides is 1. The van der Waals surface area contributed by atoms with Crippen molar-refractivity contribution in [3.63, 3.8) is 0 Å². The van der Waals surface area contributed by atoms with Crippen LogP contribution in [-0.2, 0) is 6.42 Å². The lowest BCUT2D eigenvalue weighted by molar-refractivity contribution is 0.0954. The maximum absolute atomic E-state index is 11.9. The molecule has 18 heavy (non-hydrogen) atoms. The minimum Gasteiger partial charge on any atom is -0.352 e. The molecule has 0 bridgehead atoms. The molecule has 0 aliphatic carbocycles. The van der Waals surface area contributed by atoms with E-state index in [2.05, 4.69) is 10.3 Å². The van der Waals surface area contributed by atoms with Gasteiger partial charge in [0.05, 0.1) is 21.8 Å². The van der Waals surface area contributed by atoms with E-state index in [0.717, 1.165) is 12.1 Å². The third kappa shape index (κ3) is 3.09. The number of hydrogen-bond donors (Lipinski definition) is 1. The van der Waals surface area contributed by atoms with Crippen molar-refractivity contribution in [2.24, 2.45) is 0 Å². The first-order chi connectivity index (χ1) is 8.68. The van der Waals surface area contributed by atoms with E-state index in [4.69, 9.17) is 11.6 Å². The number of aryl methyl sites for hydroxylation is 1. The standard InChI is InChI=1S/C13H13ClN2OS/c1-9-12(18-8-16-9)6-7-15-13(17)10-4-2-3-5-11(10)14/h2-5,8H,6-7H2,1H3,(H,15,17). The first-order valence-electron chi connectivity index (χ1n) is 5.60. The topological polar surface area (TPSA) is 42.0 Å². The summed E-state index contributed by atoms with van der Waals surface area (Å²) in [6.07, 6.45) is 0.798. The van der Waals surface area contributed by atoms with E-state index in [0.29, 0.717) is 17.1 Å². The molecule has 0 radical (unpaired) electrons. The van der Waals surface area contributed by atoms with Gasteiger partial charge in [0.2, 0.25) is 0 Å². The number of nitrogens with one attached hydrogen (secondary N) is 1. The number of carbonyl (C=O) groups is 1. The SMILES string of the molecule is Cc1ncsc1CCNC(=O)c1ccccc1Cl. The number of benzene rings is 1. The summed E-state index contributed by atoms with van der Waals surface area (Å²) in [5, 5.41) is 3.34. The summed E-state index contributed by atoms with van der Waals surface area (Å²) in [5.41, 5.74) is 3.37. The van der Waals surface area contributed by atoms with Gasteiger partial charge in [-0.25, -0.2) is 4.98 Å². The summed E-state index contributed by atoms with van der Waals surface area (Å²) in [4.78, 5) is 17.2. The molecule has 0 spiro atoms. The van der Waals surface area contributed by atoms with E-state index in [1.54, 1.807) is 35.6 Å². The van der Waals surface area contributed by atoms with Crippen LogP contribution in [0.25, 0.3) is 0 Å². The number of hydrogen-bond acceptors (Lipinski definition) is 3. The first kappa shape index (κ1) is 13.1. The molecule has 0 atom stereocenters. The summed E-state index contributed by atoms with van der Waals surface area (Å²) in [6.45, 7) is 2.56. The van der Waals surface area contributed by atoms with Crippen molar-refractivity contribution in [3.05, 3.63) is 50.9 Å². The number of rotatable bonds is 4. The van der Waals surface area contributed by atoms with Crippen molar-refractivity contribution in [2.45, 2.75) is 13.3 Å². The Kier molecular flexibility index (Phi) is 4.33. The van der Waals surface area contributed by atoms with Gasteiger partial charge in [-0.05, 0) is 19.1 Å². The largest absolute Gasteiger partial charge is 0.352 e. The van der Waals surface area contributed by atoms with Crippen molar-refractivity contribution in [1.29, 1.82) is 0 Å². The summed E-state index contributed by atoms with van der Waals surface area (Å²) >= 11 is 7.57. The fourth-order valence-electron chi connectivity index (χ4n) is 1.60. The van der Waals surface area contributed by atoms with Crippen LogP contribution in [0.5, 0.6) is 0 Å². The Morgan fingerprint density at radius 3 is 2.89 bits per heavy atom. The van der Waals surface area contributed by atoms with Crippen LogP contribution in [0.2, 0.25) is 5.02 Å². The molecule has 1 aromatic heterocycles. The van der Waals surface area contributed by atoms with Crippen LogP contribution < -0.4 is 5.32 Å². The Morgan fingerprint density at radius 2 is 2.22 bits per heavy atom. The molecule has 2 aromatic rings. The van der Waals surface area contributed by atoms with Gasteiger partial charge in [-0.3, -0.25) is 4.79 Å². The normalized spacial score (nSPS) is 10.3. The van der Waals surface area contributed by atoms with Gasteiger partial charge in [0.25, 0.3) is 5.91 Å². The van der Waals surface area contributed by atoms with Crippen LogP contribution in [0.3, 0.4) is 0 Å². The van der Waals surface area contributed by atoms with Gasteiger partial charge in [-0.1, -0.05) is 23.7 Å². The van der Waals surface area contributed by atoms with E-state index in [1.165, 1.54) is 4.88 Å². The summed E-state index contributed by atoms with van der Waals surface area (Å²) in [7, 11) is 0. The predicted molar refractivity (Wildman–Crippen MR) is 74.3 cm³/mol. The average Bonchev–Trinajstić information content (AvgIpc) is 2.75. The van der Waals surface area contributed by atoms with Crippen molar-refractivity contribution < 1.29 is 4.79 Å². The highest BCUT2D eigenvalue weighted by atomic mass is 35.5. The molecular weight excluding hydrogens is 268 g/mol. The lowest BCUT2D eigenvalue weighted by Gasteiger charge is -2.06. The summed E-state index contributed by atoms with van der Waals surface area (Å²) < 4.78 is 0. The van der Waals surface area contributed by atoms with Crippen LogP contribution in [0, 0.1) is 6.92 Å². The Hall–Kier alpha value is -1.39. The minimum atomic E-state index is -0.136. The van der Waals surface area contributed by atoms with Gasteiger partial charge >= 0.3 is 0 Å². The minimum absolute atomic E-state index is 0.136. The van der Waals surface area contributed by atoms with Gasteiger partial charge in [0, 0.05) is 17.8 Å². The zero-order valence-corrected chi connectivity index (χ0v) is 11.5. The summed E-state index contributed by atoms with van der Waals surface area (Å²) in [5.74, 6) is -0.136. The molecule has 0 aliphatic rings. The number of halogens is 1. The van der Waals surface area contributed by atoms with Crippen LogP contribution in [-0.4, -0.2) is 17.4 Å². The van der Waals surface area contributed by atoms with Crippen LogP contribution in [0.4, 0.5) is 0 Å². The fourth-order valence-corrected chi connectivity index (χ4v) is 2.60. The van der Waals surface area contributed by atoms with E-state index in [9.17, 15) is 4.79 Å². The second-order valence-corrected chi connectivity index (χ2v) is 5.19. The number of nitrogens with zero attached hydrogens (tertiary/aromatic N) is 1. The van der Waals surface area contributed by atoms with Crippen molar-refractivity contribution in [2.75, 3.05) is 6.54 Å². The average molecular weight is 281 g/mol. The van der Waals surface area contributed by atoms with E-state index >= 15 is 0 Å². The molecule has 0 aliphatic heterocycles. The van der Waals surface area contributed by atoms with Crippen molar-refractivity contribution in [3.8, 4) is 0 Å². The van der Waals surface area contributed by atoms with Gasteiger partial charge in [-0.2, -0.15) is 0 Å². The third-order valence-electron chi connectivity index (χ3n) is 2.60. The molecule has 2 rings (SSSR count). The molecule has 1 N–H and O–H groups in total. The van der Waals surface area contributed by atoms with Gasteiger partial charge in [0.1, 0.15) is 0 Å². The van der Waals surface area contributed by atoms with Gasteiger partial charge < -0.3 is 5.32 Å². The Labute approximate surface area is 115 Å². The smallest absolute Gasteiger partial charge is 0.252 e. The fraction of sp³-hybridized carbons (Fsp3) is 0.231. The van der Waals surface area contributed by atoms with E-state index < -0.39 is 0 Å². The molecular formula is C13H13ClN2OS. The van der Waals surface area contributed by atoms with E-state index in [-0.39, 0.29) is 5.91 Å². The van der Waals surface area contributed by atoms with Crippen LogP contribution in [0.15, 0.2) is 29.8 Å². The number of carbonyl (C=O) groups excluding carboxylic acids is 1. The van der Waals surface area contributed by atoms with Gasteiger partial charge in [0.15, 0.2) is 0 Å². The molecule has 0 saturated carbocycles. The molecule has 1 aromatic carbocycles. The monoisotopic (exact) mass is 280 g/mol. The molecule has 0 unspecified atom stereocenters. The maximum atomic E-state index is 11.9. The van der Waals surface area contributed by atoms with Gasteiger partial charge in [-0.15, -0.1) is 11.3 Å². The quantitative estimate of drug-likeness (QED) is 0.935. The first-order valence-corrected chi connectivity index (χ1v) is 6.86. The highest BCUT2D eigenvalue weighted by molar-refractivity contribution is 7.09. The molecule has 3 nitrogen and oxygen atoms in total. The third-order valence-corrected chi connectivity index (χ3v) is 3.93. The zero-order valence-electron chi connectivity index (χ0n) is 9.94. The molecule has 0 saturated heterocycles. The Bertz CT molecular complexity index is 553. The molecule has 1 heterocycles. The lowest BCUT2D eigenvalue weighted by atomic mass is 10.2. The Balaban J connectivity index is 1.90. The second-order valence-electron chi connectivity index (χ2n) is 3.85. The van der Waals surface area contributed by atoms with Crippen LogP contribution in [0.1, 0.15) is 20.9 Å². The maximum Gasteiger partial charge on any atom is 0.252 e. The Morgan fingerprint density at radius 1 is 1.44 bits per heavy atom. The number of thiazole rings is 1. The highest BCUT2D eigenvalue weighted by Gasteiger charge is 2.09. The molecule has 94 valence electrons. The highest BCUT2D eigenvalue weighted by Crippen LogP contribution is 2.15. The summed E-state index contributed by atoms with van der Waals surface area (Å²) in [6, 6.07) is 7.04. The van der Waals surface area contributed by atoms with Crippen molar-refractivity contribution in [1.82, 2.24) is 10.3 Å². The molecule has 0 fully saturated rings.